The van der Waals surface area contributed by atoms with E-state index in [9.17, 15) is 4.79 Å². The molecule has 2 N–H and O–H groups in total. The lowest BCUT2D eigenvalue weighted by molar-refractivity contribution is -0.123. The topological polar surface area (TPSA) is 41.1 Å². The van der Waals surface area contributed by atoms with Gasteiger partial charge in [0.1, 0.15) is 0 Å². The third-order valence-electron chi connectivity index (χ3n) is 2.46. The van der Waals surface area contributed by atoms with E-state index in [-0.39, 0.29) is 5.91 Å². The van der Waals surface area contributed by atoms with Crippen molar-refractivity contribution in [3.05, 3.63) is 0 Å². The van der Waals surface area contributed by atoms with E-state index < -0.39 is 0 Å². The summed E-state index contributed by atoms with van der Waals surface area (Å²) < 4.78 is 0. The van der Waals surface area contributed by atoms with E-state index in [1.165, 1.54) is 6.42 Å². The van der Waals surface area contributed by atoms with Crippen LogP contribution in [-0.4, -0.2) is 25.0 Å². The van der Waals surface area contributed by atoms with Crippen molar-refractivity contribution in [2.24, 2.45) is 5.92 Å². The Kier molecular flexibility index (Phi) is 1.38. The molecule has 2 saturated heterocycles. The zero-order valence-corrected chi connectivity index (χ0v) is 5.89. The van der Waals surface area contributed by atoms with Crippen LogP contribution in [0, 0.1) is 5.92 Å². The van der Waals surface area contributed by atoms with Crippen LogP contribution in [0.5, 0.6) is 0 Å². The van der Waals surface area contributed by atoms with Crippen molar-refractivity contribution in [3.8, 4) is 0 Å². The number of nitrogens with one attached hydrogen (secondary N) is 2. The highest BCUT2D eigenvalue weighted by Crippen LogP contribution is 2.20. The van der Waals surface area contributed by atoms with Gasteiger partial charge in [-0.2, -0.15) is 0 Å². The predicted octanol–water partition coefficient (Wildman–Crippen LogP) is -0.516. The summed E-state index contributed by atoms with van der Waals surface area (Å²) in [6.45, 7) is 1.97. The van der Waals surface area contributed by atoms with Crippen LogP contribution >= 0.6 is 0 Å². The molecule has 3 heteroatoms. The number of hydrogen-bond donors (Lipinski definition) is 2. The Bertz CT molecular complexity index is 158. The van der Waals surface area contributed by atoms with E-state index in [1.54, 1.807) is 0 Å². The highest BCUT2D eigenvalue weighted by Gasteiger charge is 2.32. The van der Waals surface area contributed by atoms with Crippen LogP contribution < -0.4 is 10.6 Å². The first-order chi connectivity index (χ1) is 4.86. The quantitative estimate of drug-likeness (QED) is 0.475. The van der Waals surface area contributed by atoms with E-state index in [0.29, 0.717) is 18.4 Å². The van der Waals surface area contributed by atoms with E-state index in [0.717, 1.165) is 13.1 Å². The summed E-state index contributed by atoms with van der Waals surface area (Å²) in [5, 5.41) is 6.20. The zero-order chi connectivity index (χ0) is 6.97. The summed E-state index contributed by atoms with van der Waals surface area (Å²) >= 11 is 0. The second kappa shape index (κ2) is 2.23. The fourth-order valence-corrected chi connectivity index (χ4v) is 1.82. The van der Waals surface area contributed by atoms with Crippen LogP contribution in [0.15, 0.2) is 0 Å². The molecule has 0 aromatic heterocycles. The maximum absolute atomic E-state index is 10.9. The largest absolute Gasteiger partial charge is 0.356 e. The van der Waals surface area contributed by atoms with Crippen LogP contribution in [0.2, 0.25) is 0 Å². The average molecular weight is 140 g/mol. The molecule has 3 nitrogen and oxygen atoms in total. The van der Waals surface area contributed by atoms with E-state index >= 15 is 0 Å². The third kappa shape index (κ3) is 0.904. The standard InChI is InChI=1S/C7H12N2O/c10-7-3-6-5(4-9-7)1-2-8-6/h5-6,8H,1-4H2,(H,9,10). The van der Waals surface area contributed by atoms with Crippen LogP contribution in [0.3, 0.4) is 0 Å². The number of hydrogen-bond acceptors (Lipinski definition) is 2. The van der Waals surface area contributed by atoms with Gasteiger partial charge in [0.2, 0.25) is 5.91 Å². The van der Waals surface area contributed by atoms with Crippen LogP contribution in [0.1, 0.15) is 12.8 Å². The van der Waals surface area contributed by atoms with Gasteiger partial charge < -0.3 is 10.6 Å². The molecule has 2 fully saturated rings. The first-order valence-electron chi connectivity index (χ1n) is 3.86. The Balaban J connectivity index is 2.03. The summed E-state index contributed by atoms with van der Waals surface area (Å²) in [6.07, 6.45) is 1.91. The van der Waals surface area contributed by atoms with Gasteiger partial charge in [0.05, 0.1) is 0 Å². The second-order valence-corrected chi connectivity index (χ2v) is 3.12. The SMILES string of the molecule is O=C1CC2NCCC2CN1. The molecule has 0 saturated carbocycles. The summed E-state index contributed by atoms with van der Waals surface area (Å²) in [6, 6.07) is 0.480. The zero-order valence-electron chi connectivity index (χ0n) is 5.89. The monoisotopic (exact) mass is 140 g/mol. The number of piperidine rings is 1. The van der Waals surface area contributed by atoms with Crippen LogP contribution in [0.25, 0.3) is 0 Å². The minimum atomic E-state index is 0.204. The van der Waals surface area contributed by atoms with Crippen molar-refractivity contribution >= 4 is 5.91 Å². The van der Waals surface area contributed by atoms with Crippen molar-refractivity contribution in [2.75, 3.05) is 13.1 Å². The molecule has 2 aliphatic heterocycles. The Morgan fingerprint density at radius 2 is 2.40 bits per heavy atom. The Labute approximate surface area is 60.2 Å². The molecule has 0 spiro atoms. The minimum Gasteiger partial charge on any atom is -0.356 e. The van der Waals surface area contributed by atoms with Crippen molar-refractivity contribution in [2.45, 2.75) is 18.9 Å². The lowest BCUT2D eigenvalue weighted by Gasteiger charge is -2.24. The molecule has 2 heterocycles. The molecular weight excluding hydrogens is 128 g/mol. The van der Waals surface area contributed by atoms with Gasteiger partial charge in [-0.15, -0.1) is 0 Å². The second-order valence-electron chi connectivity index (χ2n) is 3.12. The molecule has 2 unspecified atom stereocenters. The van der Waals surface area contributed by atoms with Crippen molar-refractivity contribution in [3.63, 3.8) is 0 Å². The van der Waals surface area contributed by atoms with Gasteiger partial charge in [-0.3, -0.25) is 4.79 Å². The molecule has 2 rings (SSSR count). The predicted molar refractivity (Wildman–Crippen MR) is 37.5 cm³/mol. The molecular formula is C7H12N2O. The van der Waals surface area contributed by atoms with Crippen LogP contribution in [0.4, 0.5) is 0 Å². The Hall–Kier alpha value is -0.570. The normalized spacial score (nSPS) is 39.0. The molecule has 0 radical (unpaired) electrons. The van der Waals surface area contributed by atoms with Gasteiger partial charge in [-0.1, -0.05) is 0 Å². The lowest BCUT2D eigenvalue weighted by Crippen LogP contribution is -2.44. The number of carbonyl (C=O) groups is 1. The number of amides is 1. The van der Waals surface area contributed by atoms with Gasteiger partial charge in [-0.05, 0) is 18.9 Å². The van der Waals surface area contributed by atoms with E-state index in [2.05, 4.69) is 10.6 Å². The number of rotatable bonds is 0. The third-order valence-corrected chi connectivity index (χ3v) is 2.46. The molecule has 2 atom stereocenters. The number of carbonyl (C=O) groups excluding carboxylic acids is 1. The minimum absolute atomic E-state index is 0.204. The van der Waals surface area contributed by atoms with Gasteiger partial charge in [0, 0.05) is 19.0 Å². The Morgan fingerprint density at radius 1 is 1.50 bits per heavy atom. The lowest BCUT2D eigenvalue weighted by atomic mass is 9.94. The van der Waals surface area contributed by atoms with E-state index in [4.69, 9.17) is 0 Å². The van der Waals surface area contributed by atoms with Gasteiger partial charge >= 0.3 is 0 Å². The van der Waals surface area contributed by atoms with Crippen molar-refractivity contribution in [1.29, 1.82) is 0 Å². The van der Waals surface area contributed by atoms with Crippen LogP contribution in [-0.2, 0) is 4.79 Å². The summed E-state index contributed by atoms with van der Waals surface area (Å²) in [7, 11) is 0. The molecule has 0 aromatic carbocycles. The molecule has 2 aliphatic rings. The summed E-state index contributed by atoms with van der Waals surface area (Å²) in [4.78, 5) is 10.9. The number of fused-ring (bicyclic) bond motifs is 1. The van der Waals surface area contributed by atoms with Gasteiger partial charge in [-0.25, -0.2) is 0 Å². The van der Waals surface area contributed by atoms with Crippen molar-refractivity contribution in [1.82, 2.24) is 10.6 Å². The summed E-state index contributed by atoms with van der Waals surface area (Å²) in [5.41, 5.74) is 0. The molecule has 0 aromatic rings. The average Bonchev–Trinajstić information content (AvgIpc) is 2.33. The van der Waals surface area contributed by atoms with Gasteiger partial charge in [0.25, 0.3) is 0 Å². The molecule has 0 aliphatic carbocycles. The van der Waals surface area contributed by atoms with Crippen molar-refractivity contribution < 1.29 is 4.79 Å². The summed E-state index contributed by atoms with van der Waals surface area (Å²) in [5.74, 6) is 0.911. The highest BCUT2D eigenvalue weighted by molar-refractivity contribution is 5.77. The molecule has 10 heavy (non-hydrogen) atoms. The fourth-order valence-electron chi connectivity index (χ4n) is 1.82. The maximum atomic E-state index is 10.9. The Morgan fingerprint density at radius 3 is 3.30 bits per heavy atom. The van der Waals surface area contributed by atoms with Gasteiger partial charge in [0.15, 0.2) is 0 Å². The first-order valence-corrected chi connectivity index (χ1v) is 3.86. The molecule has 56 valence electrons. The first kappa shape index (κ1) is 6.16. The highest BCUT2D eigenvalue weighted by atomic mass is 16.1. The smallest absolute Gasteiger partial charge is 0.221 e. The maximum Gasteiger partial charge on any atom is 0.221 e. The van der Waals surface area contributed by atoms with E-state index in [1.807, 2.05) is 0 Å². The molecule has 0 bridgehead atoms. The fraction of sp³-hybridized carbons (Fsp3) is 0.857. The molecule has 1 amide bonds.